The summed E-state index contributed by atoms with van der Waals surface area (Å²) >= 11 is 0. The van der Waals surface area contributed by atoms with Crippen molar-refractivity contribution in [3.8, 4) is 0 Å². The largest absolute Gasteiger partial charge is 0.229 e. The van der Waals surface area contributed by atoms with Crippen LogP contribution >= 0.6 is 0 Å². The van der Waals surface area contributed by atoms with Gasteiger partial charge in [-0.25, -0.2) is 5.11 Å². The van der Waals surface area contributed by atoms with E-state index in [9.17, 15) is 5.11 Å². The average Bonchev–Trinajstić information content (AvgIpc) is 2.41. The van der Waals surface area contributed by atoms with Crippen molar-refractivity contribution in [1.82, 2.24) is 0 Å². The molecule has 0 bridgehead atoms. The van der Waals surface area contributed by atoms with Gasteiger partial charge in [-0.1, -0.05) is 19.8 Å². The second kappa shape index (κ2) is 2.31. The highest BCUT2D eigenvalue weighted by Gasteiger charge is 2.71. The predicted octanol–water partition coefficient (Wildman–Crippen LogP) is 3.17. The van der Waals surface area contributed by atoms with E-state index in [0.29, 0.717) is 5.92 Å². The number of fused-ring (bicyclic) bond motifs is 4. The first-order chi connectivity index (χ1) is 6.18. The van der Waals surface area contributed by atoms with Gasteiger partial charge in [-0.05, 0) is 43.9 Å². The maximum absolute atomic E-state index is 12.6. The summed E-state index contributed by atoms with van der Waals surface area (Å²) in [5.41, 5.74) is -0.282. The van der Waals surface area contributed by atoms with Crippen molar-refractivity contribution in [2.45, 2.75) is 57.5 Å². The molecule has 0 amide bonds. The third-order valence-corrected chi connectivity index (χ3v) is 5.39. The number of hydrogen-bond acceptors (Lipinski definition) is 0. The first-order valence-corrected chi connectivity index (χ1v) is 5.89. The van der Waals surface area contributed by atoms with Crippen LogP contribution in [0.5, 0.6) is 0 Å². The molecule has 1 heteroatoms. The van der Waals surface area contributed by atoms with Crippen molar-refractivity contribution < 1.29 is 5.11 Å². The minimum atomic E-state index is -0.488. The Balaban J connectivity index is 1.94. The molecule has 3 fully saturated rings. The van der Waals surface area contributed by atoms with Crippen LogP contribution in [0.15, 0.2) is 0 Å². The van der Waals surface area contributed by atoms with Crippen molar-refractivity contribution in [2.24, 2.45) is 17.3 Å². The zero-order chi connectivity index (χ0) is 9.10. The van der Waals surface area contributed by atoms with Gasteiger partial charge < -0.3 is 0 Å². The van der Waals surface area contributed by atoms with E-state index in [0.717, 1.165) is 12.3 Å². The Morgan fingerprint density at radius 3 is 2.46 bits per heavy atom. The molecule has 0 saturated heterocycles. The number of hydrogen-bond donors (Lipinski definition) is 0. The summed E-state index contributed by atoms with van der Waals surface area (Å²) in [7, 11) is 0. The first-order valence-electron chi connectivity index (χ1n) is 5.89. The van der Waals surface area contributed by atoms with Gasteiger partial charge in [0.2, 0.25) is 0 Å². The van der Waals surface area contributed by atoms with E-state index in [2.05, 4.69) is 6.92 Å². The Morgan fingerprint density at radius 1 is 1.00 bits per heavy atom. The van der Waals surface area contributed by atoms with Crippen molar-refractivity contribution in [2.75, 3.05) is 0 Å². The van der Waals surface area contributed by atoms with E-state index in [1.165, 1.54) is 38.5 Å². The van der Waals surface area contributed by atoms with Crippen molar-refractivity contribution in [3.05, 3.63) is 0 Å². The maximum Gasteiger partial charge on any atom is 0.112 e. The fourth-order valence-corrected chi connectivity index (χ4v) is 4.68. The highest BCUT2D eigenvalue weighted by atomic mass is 16.3. The van der Waals surface area contributed by atoms with Crippen LogP contribution in [0.3, 0.4) is 0 Å². The smallest absolute Gasteiger partial charge is 0.112 e. The number of rotatable bonds is 0. The summed E-state index contributed by atoms with van der Waals surface area (Å²) in [6, 6.07) is 0. The van der Waals surface area contributed by atoms with E-state index in [1.807, 2.05) is 0 Å². The molecular weight excluding hydrogens is 160 g/mol. The highest BCUT2D eigenvalue weighted by molar-refractivity contribution is 5.19. The van der Waals surface area contributed by atoms with Gasteiger partial charge in [0, 0.05) is 5.41 Å². The molecule has 3 saturated carbocycles. The van der Waals surface area contributed by atoms with Gasteiger partial charge in [0.15, 0.2) is 0 Å². The van der Waals surface area contributed by atoms with Crippen LogP contribution in [0, 0.1) is 17.3 Å². The summed E-state index contributed by atoms with van der Waals surface area (Å²) in [4.78, 5) is 0. The Morgan fingerprint density at radius 2 is 1.69 bits per heavy atom. The van der Waals surface area contributed by atoms with E-state index in [-0.39, 0.29) is 5.41 Å². The molecule has 3 aliphatic rings. The third kappa shape index (κ3) is 0.743. The van der Waals surface area contributed by atoms with Gasteiger partial charge >= 0.3 is 0 Å². The highest BCUT2D eigenvalue weighted by Crippen LogP contribution is 2.70. The lowest BCUT2D eigenvalue weighted by molar-refractivity contribution is -0.279. The molecule has 13 heavy (non-hydrogen) atoms. The van der Waals surface area contributed by atoms with Crippen LogP contribution in [-0.4, -0.2) is 5.60 Å². The molecule has 1 nitrogen and oxygen atoms in total. The third-order valence-electron chi connectivity index (χ3n) is 5.39. The quantitative estimate of drug-likeness (QED) is 0.544. The second-order valence-electron chi connectivity index (χ2n) is 5.66. The van der Waals surface area contributed by atoms with Crippen LogP contribution in [0.1, 0.15) is 51.9 Å². The summed E-state index contributed by atoms with van der Waals surface area (Å²) in [5, 5.41) is 12.6. The molecule has 0 aliphatic heterocycles. The molecule has 1 radical (unpaired) electrons. The molecule has 0 aromatic rings. The average molecular weight is 179 g/mol. The fraction of sp³-hybridized carbons (Fsp3) is 1.00. The summed E-state index contributed by atoms with van der Waals surface area (Å²) in [5.74, 6) is 1.37. The van der Waals surface area contributed by atoms with Crippen molar-refractivity contribution in [1.29, 1.82) is 0 Å². The lowest BCUT2D eigenvalue weighted by atomic mass is 9.42. The molecular formula is C12H19O. The van der Waals surface area contributed by atoms with Crippen LogP contribution < -0.4 is 0 Å². The molecule has 0 spiro atoms. The molecule has 0 aromatic carbocycles. The SMILES string of the molecule is C[C@]12CCC[C@@]1([O])C1CCCCC12. The molecule has 3 rings (SSSR count). The molecule has 73 valence electrons. The zero-order valence-corrected chi connectivity index (χ0v) is 8.51. The molecule has 0 N–H and O–H groups in total. The molecule has 2 unspecified atom stereocenters. The summed E-state index contributed by atoms with van der Waals surface area (Å²) in [6.07, 6.45) is 8.69. The second-order valence-corrected chi connectivity index (χ2v) is 5.66. The lowest BCUT2D eigenvalue weighted by Crippen LogP contribution is -2.66. The fourth-order valence-electron chi connectivity index (χ4n) is 4.68. The van der Waals surface area contributed by atoms with Crippen LogP contribution in [0.2, 0.25) is 0 Å². The standard InChI is InChI=1S/C12H19O/c1-11-7-4-8-12(11,13)10-6-3-2-5-9(10)11/h9-10H,2-8H2,1H3/t9?,10?,11-,12-/m1/s1. The summed E-state index contributed by atoms with van der Waals surface area (Å²) < 4.78 is 0. The Hall–Kier alpha value is -0.0400. The van der Waals surface area contributed by atoms with E-state index >= 15 is 0 Å². The van der Waals surface area contributed by atoms with Crippen LogP contribution in [0.4, 0.5) is 0 Å². The molecule has 4 atom stereocenters. The van der Waals surface area contributed by atoms with Gasteiger partial charge in [0.25, 0.3) is 0 Å². The van der Waals surface area contributed by atoms with Gasteiger partial charge in [0.05, 0.1) is 0 Å². The Labute approximate surface area is 80.5 Å². The first kappa shape index (κ1) is 8.28. The normalized spacial score (nSPS) is 59.5. The van der Waals surface area contributed by atoms with Crippen molar-refractivity contribution >= 4 is 0 Å². The lowest BCUT2D eigenvalue weighted by Gasteiger charge is -2.63. The minimum Gasteiger partial charge on any atom is -0.229 e. The van der Waals surface area contributed by atoms with E-state index < -0.39 is 5.60 Å². The van der Waals surface area contributed by atoms with Gasteiger partial charge in [-0.15, -0.1) is 0 Å². The van der Waals surface area contributed by atoms with Crippen molar-refractivity contribution in [3.63, 3.8) is 0 Å². The zero-order valence-electron chi connectivity index (χ0n) is 8.51. The van der Waals surface area contributed by atoms with E-state index in [4.69, 9.17) is 0 Å². The van der Waals surface area contributed by atoms with Crippen LogP contribution in [-0.2, 0) is 5.11 Å². The van der Waals surface area contributed by atoms with E-state index in [1.54, 1.807) is 0 Å². The summed E-state index contributed by atoms with van der Waals surface area (Å²) in [6.45, 7) is 2.28. The monoisotopic (exact) mass is 179 g/mol. The maximum atomic E-state index is 12.6. The Kier molecular flexibility index (Phi) is 1.47. The van der Waals surface area contributed by atoms with Gasteiger partial charge in [-0.3, -0.25) is 0 Å². The van der Waals surface area contributed by atoms with Gasteiger partial charge in [-0.2, -0.15) is 0 Å². The Bertz CT molecular complexity index is 213. The molecule has 0 aromatic heterocycles. The minimum absolute atomic E-state index is 0.206. The van der Waals surface area contributed by atoms with Crippen LogP contribution in [0.25, 0.3) is 0 Å². The van der Waals surface area contributed by atoms with Gasteiger partial charge in [0.1, 0.15) is 5.60 Å². The molecule has 0 heterocycles. The molecule has 3 aliphatic carbocycles. The topological polar surface area (TPSA) is 19.9 Å². The predicted molar refractivity (Wildman–Crippen MR) is 50.8 cm³/mol.